The number of benzene rings is 1. The van der Waals surface area contributed by atoms with E-state index in [4.69, 9.17) is 4.74 Å². The van der Waals surface area contributed by atoms with Crippen LogP contribution in [0.2, 0.25) is 0 Å². The highest BCUT2D eigenvalue weighted by atomic mass is 16.5. The summed E-state index contributed by atoms with van der Waals surface area (Å²) in [5, 5.41) is 15.9. The van der Waals surface area contributed by atoms with Gasteiger partial charge in [-0.05, 0) is 44.0 Å². The zero-order valence-corrected chi connectivity index (χ0v) is 11.1. The molecule has 1 saturated heterocycles. The van der Waals surface area contributed by atoms with E-state index in [1.807, 2.05) is 0 Å². The Labute approximate surface area is 113 Å². The van der Waals surface area contributed by atoms with Crippen molar-refractivity contribution < 1.29 is 14.6 Å². The summed E-state index contributed by atoms with van der Waals surface area (Å²) in [6, 6.07) is 5.12. The number of methoxy groups -OCH3 is 1. The molecule has 1 unspecified atom stereocenters. The first kappa shape index (κ1) is 13.7. The Morgan fingerprint density at radius 1 is 1.58 bits per heavy atom. The van der Waals surface area contributed by atoms with Gasteiger partial charge in [0.1, 0.15) is 11.5 Å². The average molecular weight is 264 g/mol. The van der Waals surface area contributed by atoms with Gasteiger partial charge in [0.05, 0.1) is 12.7 Å². The zero-order valence-electron chi connectivity index (χ0n) is 11.1. The van der Waals surface area contributed by atoms with Crippen molar-refractivity contribution in [1.82, 2.24) is 10.6 Å². The number of ether oxygens (including phenoxy) is 1. The Morgan fingerprint density at radius 3 is 3.11 bits per heavy atom. The molecule has 0 bridgehead atoms. The fourth-order valence-electron chi connectivity index (χ4n) is 2.28. The average Bonchev–Trinajstić information content (AvgIpc) is 2.92. The van der Waals surface area contributed by atoms with Crippen LogP contribution in [0.25, 0.3) is 0 Å². The third-order valence-corrected chi connectivity index (χ3v) is 3.39. The van der Waals surface area contributed by atoms with Gasteiger partial charge in [0.25, 0.3) is 5.91 Å². The van der Waals surface area contributed by atoms with Crippen LogP contribution < -0.4 is 15.4 Å². The summed E-state index contributed by atoms with van der Waals surface area (Å²) < 4.78 is 5.04. The number of hydrogen-bond acceptors (Lipinski definition) is 4. The molecular formula is C14H20N2O3. The van der Waals surface area contributed by atoms with Crippen LogP contribution >= 0.6 is 0 Å². The van der Waals surface area contributed by atoms with Crippen molar-refractivity contribution in [2.75, 3.05) is 20.2 Å². The zero-order chi connectivity index (χ0) is 13.7. The topological polar surface area (TPSA) is 70.6 Å². The standard InChI is InChI=1S/C14H20N2O3/c1-19-11-4-5-13(17)12(9-11)14(18)16-8-6-10-3-2-7-15-10/h4-5,9-10,15,17H,2-3,6-8H2,1H3,(H,16,18). The van der Waals surface area contributed by atoms with Crippen molar-refractivity contribution >= 4 is 5.91 Å². The van der Waals surface area contributed by atoms with Gasteiger partial charge in [0.2, 0.25) is 0 Å². The van der Waals surface area contributed by atoms with Crippen LogP contribution in [0.4, 0.5) is 0 Å². The van der Waals surface area contributed by atoms with Gasteiger partial charge < -0.3 is 20.5 Å². The first-order valence-corrected chi connectivity index (χ1v) is 6.59. The number of phenolic OH excluding ortho intramolecular Hbond substituents is 1. The minimum atomic E-state index is -0.269. The quantitative estimate of drug-likeness (QED) is 0.749. The molecule has 1 heterocycles. The van der Waals surface area contributed by atoms with Gasteiger partial charge in [-0.2, -0.15) is 0 Å². The number of phenols is 1. The van der Waals surface area contributed by atoms with E-state index >= 15 is 0 Å². The Balaban J connectivity index is 1.88. The largest absolute Gasteiger partial charge is 0.507 e. The Morgan fingerprint density at radius 2 is 2.42 bits per heavy atom. The Kier molecular flexibility index (Phi) is 4.63. The molecule has 3 N–H and O–H groups in total. The number of rotatable bonds is 5. The number of hydrogen-bond donors (Lipinski definition) is 3. The van der Waals surface area contributed by atoms with Crippen LogP contribution in [0.15, 0.2) is 18.2 Å². The van der Waals surface area contributed by atoms with Crippen LogP contribution in [-0.2, 0) is 0 Å². The molecule has 1 amide bonds. The highest BCUT2D eigenvalue weighted by Crippen LogP contribution is 2.22. The molecule has 5 nitrogen and oxygen atoms in total. The minimum absolute atomic E-state index is 0.0303. The van der Waals surface area contributed by atoms with Crippen LogP contribution in [0, 0.1) is 0 Å². The van der Waals surface area contributed by atoms with Gasteiger partial charge in [0.15, 0.2) is 0 Å². The van der Waals surface area contributed by atoms with E-state index < -0.39 is 0 Å². The van der Waals surface area contributed by atoms with Gasteiger partial charge in [-0.15, -0.1) is 0 Å². The van der Waals surface area contributed by atoms with Gasteiger partial charge >= 0.3 is 0 Å². The van der Waals surface area contributed by atoms with Crippen LogP contribution in [0.1, 0.15) is 29.6 Å². The van der Waals surface area contributed by atoms with E-state index in [9.17, 15) is 9.90 Å². The number of aromatic hydroxyl groups is 1. The maximum Gasteiger partial charge on any atom is 0.255 e. The second-order valence-electron chi connectivity index (χ2n) is 4.72. The molecule has 19 heavy (non-hydrogen) atoms. The molecule has 1 fully saturated rings. The van der Waals surface area contributed by atoms with Gasteiger partial charge in [-0.25, -0.2) is 0 Å². The maximum atomic E-state index is 12.0. The molecular weight excluding hydrogens is 244 g/mol. The van der Waals surface area contributed by atoms with E-state index in [2.05, 4.69) is 10.6 Å². The number of amides is 1. The van der Waals surface area contributed by atoms with E-state index in [0.29, 0.717) is 18.3 Å². The van der Waals surface area contributed by atoms with Crippen LogP contribution in [0.5, 0.6) is 11.5 Å². The van der Waals surface area contributed by atoms with Crippen LogP contribution in [0.3, 0.4) is 0 Å². The van der Waals surface area contributed by atoms with Crippen molar-refractivity contribution in [2.24, 2.45) is 0 Å². The van der Waals surface area contributed by atoms with Crippen molar-refractivity contribution in [3.8, 4) is 11.5 Å². The molecule has 0 aliphatic carbocycles. The van der Waals surface area contributed by atoms with Crippen molar-refractivity contribution in [3.63, 3.8) is 0 Å². The molecule has 0 spiro atoms. The normalized spacial score (nSPS) is 18.3. The summed E-state index contributed by atoms with van der Waals surface area (Å²) in [5.41, 5.74) is 0.249. The lowest BCUT2D eigenvalue weighted by molar-refractivity contribution is 0.0949. The smallest absolute Gasteiger partial charge is 0.255 e. The number of carbonyl (C=O) groups is 1. The monoisotopic (exact) mass is 264 g/mol. The predicted octanol–water partition coefficient (Wildman–Crippen LogP) is 1.27. The third kappa shape index (κ3) is 3.61. The summed E-state index contributed by atoms with van der Waals surface area (Å²) in [5.74, 6) is 0.257. The SMILES string of the molecule is COc1ccc(O)c(C(=O)NCCC2CCCN2)c1. The first-order valence-electron chi connectivity index (χ1n) is 6.59. The van der Waals surface area contributed by atoms with Crippen molar-refractivity contribution in [3.05, 3.63) is 23.8 Å². The highest BCUT2D eigenvalue weighted by molar-refractivity contribution is 5.97. The third-order valence-electron chi connectivity index (χ3n) is 3.39. The fourth-order valence-corrected chi connectivity index (χ4v) is 2.28. The maximum absolute atomic E-state index is 12.0. The summed E-state index contributed by atoms with van der Waals surface area (Å²) in [4.78, 5) is 12.0. The van der Waals surface area contributed by atoms with E-state index in [-0.39, 0.29) is 17.2 Å². The van der Waals surface area contributed by atoms with Crippen LogP contribution in [-0.4, -0.2) is 37.3 Å². The first-order chi connectivity index (χ1) is 9.20. The van der Waals surface area contributed by atoms with Gasteiger partial charge in [-0.3, -0.25) is 4.79 Å². The molecule has 1 aliphatic rings. The molecule has 0 aromatic heterocycles. The Hall–Kier alpha value is -1.75. The lowest BCUT2D eigenvalue weighted by Crippen LogP contribution is -2.30. The van der Waals surface area contributed by atoms with Crippen molar-refractivity contribution in [1.29, 1.82) is 0 Å². The molecule has 2 rings (SSSR count). The second-order valence-corrected chi connectivity index (χ2v) is 4.72. The summed E-state index contributed by atoms with van der Waals surface area (Å²) in [6.07, 6.45) is 3.28. The van der Waals surface area contributed by atoms with Gasteiger partial charge in [0, 0.05) is 12.6 Å². The lowest BCUT2D eigenvalue weighted by atomic mass is 10.1. The van der Waals surface area contributed by atoms with E-state index in [0.717, 1.165) is 13.0 Å². The minimum Gasteiger partial charge on any atom is -0.507 e. The second kappa shape index (κ2) is 6.43. The number of carbonyl (C=O) groups excluding carboxylic acids is 1. The predicted molar refractivity (Wildman–Crippen MR) is 72.6 cm³/mol. The molecule has 104 valence electrons. The molecule has 1 atom stereocenters. The lowest BCUT2D eigenvalue weighted by Gasteiger charge is -2.11. The molecule has 0 saturated carbocycles. The highest BCUT2D eigenvalue weighted by Gasteiger charge is 2.15. The van der Waals surface area contributed by atoms with Gasteiger partial charge in [-0.1, -0.05) is 0 Å². The molecule has 1 aromatic carbocycles. The molecule has 5 heteroatoms. The number of nitrogens with one attached hydrogen (secondary N) is 2. The molecule has 1 aliphatic heterocycles. The fraction of sp³-hybridized carbons (Fsp3) is 0.500. The summed E-state index contributed by atoms with van der Waals surface area (Å²) >= 11 is 0. The van der Waals surface area contributed by atoms with E-state index in [1.54, 1.807) is 12.1 Å². The summed E-state index contributed by atoms with van der Waals surface area (Å²) in [7, 11) is 1.53. The molecule has 1 aromatic rings. The molecule has 0 radical (unpaired) electrons. The van der Waals surface area contributed by atoms with Crippen molar-refractivity contribution in [2.45, 2.75) is 25.3 Å². The Bertz CT molecular complexity index is 442. The summed E-state index contributed by atoms with van der Waals surface area (Å²) in [6.45, 7) is 1.67. The van der Waals surface area contributed by atoms with E-state index in [1.165, 1.54) is 26.0 Å².